The van der Waals surface area contributed by atoms with E-state index in [2.05, 4.69) is 9.62 Å². The van der Waals surface area contributed by atoms with Crippen LogP contribution in [0, 0.1) is 0 Å². The van der Waals surface area contributed by atoms with Crippen molar-refractivity contribution in [3.8, 4) is 0 Å². The Morgan fingerprint density at radius 1 is 1.38 bits per heavy atom. The van der Waals surface area contributed by atoms with E-state index in [0.29, 0.717) is 13.2 Å². The number of nitrogens with zero attached hydrogens (tertiary/aromatic N) is 1. The first-order valence-corrected chi connectivity index (χ1v) is 9.35. The number of halogens is 1. The number of hydrogen-bond donors (Lipinski definition) is 2. The van der Waals surface area contributed by atoms with E-state index in [1.54, 1.807) is 0 Å². The van der Waals surface area contributed by atoms with Crippen LogP contribution in [0.4, 0.5) is 0 Å². The molecule has 1 aliphatic heterocycles. The summed E-state index contributed by atoms with van der Waals surface area (Å²) in [7, 11) is -3.92. The topological polar surface area (TPSA) is 95.9 Å². The van der Waals surface area contributed by atoms with Crippen LogP contribution in [0.3, 0.4) is 0 Å². The van der Waals surface area contributed by atoms with Crippen LogP contribution in [-0.4, -0.2) is 62.8 Å². The summed E-state index contributed by atoms with van der Waals surface area (Å²) in [6.07, 6.45) is 0. The molecule has 0 saturated carbocycles. The highest BCUT2D eigenvalue weighted by Gasteiger charge is 2.30. The van der Waals surface area contributed by atoms with Crippen molar-refractivity contribution in [2.24, 2.45) is 0 Å². The van der Waals surface area contributed by atoms with Gasteiger partial charge < -0.3 is 9.84 Å². The lowest BCUT2D eigenvalue weighted by Gasteiger charge is -2.40. The van der Waals surface area contributed by atoms with Crippen molar-refractivity contribution in [3.05, 3.63) is 28.8 Å². The Balaban J connectivity index is 2.16. The fourth-order valence-corrected chi connectivity index (χ4v) is 4.20. The van der Waals surface area contributed by atoms with Gasteiger partial charge in [0, 0.05) is 25.2 Å². The molecule has 0 radical (unpaired) electrons. The Morgan fingerprint density at radius 2 is 2.00 bits per heavy atom. The largest absolute Gasteiger partial charge is 0.478 e. The fourth-order valence-electron chi connectivity index (χ4n) is 2.47. The maximum Gasteiger partial charge on any atom is 0.335 e. The van der Waals surface area contributed by atoms with Gasteiger partial charge in [-0.2, -0.15) is 0 Å². The molecule has 1 aliphatic rings. The molecule has 0 atom stereocenters. The van der Waals surface area contributed by atoms with Crippen molar-refractivity contribution in [3.63, 3.8) is 0 Å². The first-order valence-electron chi connectivity index (χ1n) is 7.49. The molecule has 7 nitrogen and oxygen atoms in total. The third-order valence-corrected chi connectivity index (χ3v) is 5.91. The number of carbonyl (C=O) groups is 1. The third kappa shape index (κ3) is 4.46. The number of nitrogens with one attached hydrogen (secondary N) is 1. The van der Waals surface area contributed by atoms with Gasteiger partial charge in [-0.05, 0) is 32.0 Å². The molecule has 24 heavy (non-hydrogen) atoms. The zero-order valence-electron chi connectivity index (χ0n) is 13.6. The standard InChI is InChI=1S/C15H21ClN2O5S/c1-15(2,18-5-7-23-8-6-18)10-17-24(21,22)13-9-11(14(19)20)3-4-12(13)16/h3-4,9,17H,5-8,10H2,1-2H3,(H,19,20). The Morgan fingerprint density at radius 3 is 2.58 bits per heavy atom. The molecule has 0 aromatic heterocycles. The number of morpholine rings is 1. The molecule has 2 N–H and O–H groups in total. The number of carboxylic acids is 1. The quantitative estimate of drug-likeness (QED) is 0.779. The van der Waals surface area contributed by atoms with E-state index in [9.17, 15) is 13.2 Å². The maximum atomic E-state index is 12.5. The van der Waals surface area contributed by atoms with E-state index in [1.807, 2.05) is 13.8 Å². The summed E-state index contributed by atoms with van der Waals surface area (Å²) < 4.78 is 32.9. The fraction of sp³-hybridized carbons (Fsp3) is 0.533. The molecule has 0 amide bonds. The summed E-state index contributed by atoms with van der Waals surface area (Å²) in [6.45, 7) is 6.73. The van der Waals surface area contributed by atoms with Crippen LogP contribution in [0.2, 0.25) is 5.02 Å². The number of benzene rings is 1. The predicted molar refractivity (Wildman–Crippen MR) is 90.1 cm³/mol. The van der Waals surface area contributed by atoms with E-state index < -0.39 is 21.5 Å². The van der Waals surface area contributed by atoms with Gasteiger partial charge in [-0.1, -0.05) is 11.6 Å². The van der Waals surface area contributed by atoms with Crippen molar-refractivity contribution in [1.82, 2.24) is 9.62 Å². The molecule has 0 spiro atoms. The van der Waals surface area contributed by atoms with Crippen LogP contribution < -0.4 is 4.72 Å². The molecule has 0 unspecified atom stereocenters. The molecule has 1 heterocycles. The van der Waals surface area contributed by atoms with Crippen LogP contribution in [0.25, 0.3) is 0 Å². The minimum absolute atomic E-state index is 0.0170. The molecule has 1 aromatic rings. The molecule has 134 valence electrons. The van der Waals surface area contributed by atoms with Gasteiger partial charge in [0.25, 0.3) is 0 Å². The molecule has 2 rings (SSSR count). The smallest absolute Gasteiger partial charge is 0.335 e. The minimum Gasteiger partial charge on any atom is -0.478 e. The lowest BCUT2D eigenvalue weighted by atomic mass is 10.0. The van der Waals surface area contributed by atoms with Crippen molar-refractivity contribution < 1.29 is 23.1 Å². The summed E-state index contributed by atoms with van der Waals surface area (Å²) in [5.41, 5.74) is -0.541. The van der Waals surface area contributed by atoms with Gasteiger partial charge in [0.15, 0.2) is 0 Å². The molecular formula is C15H21ClN2O5S. The van der Waals surface area contributed by atoms with Crippen molar-refractivity contribution in [2.75, 3.05) is 32.8 Å². The van der Waals surface area contributed by atoms with Crippen LogP contribution in [0.5, 0.6) is 0 Å². The molecule has 1 saturated heterocycles. The van der Waals surface area contributed by atoms with Gasteiger partial charge in [-0.15, -0.1) is 0 Å². The highest BCUT2D eigenvalue weighted by Crippen LogP contribution is 2.23. The Hall–Kier alpha value is -1.19. The monoisotopic (exact) mass is 376 g/mol. The second-order valence-electron chi connectivity index (χ2n) is 6.19. The Kier molecular flexibility index (Phi) is 5.87. The SMILES string of the molecule is CC(C)(CNS(=O)(=O)c1cc(C(=O)O)ccc1Cl)N1CCOCC1. The molecule has 1 fully saturated rings. The van der Waals surface area contributed by atoms with Gasteiger partial charge in [-0.3, -0.25) is 4.90 Å². The second kappa shape index (κ2) is 7.37. The highest BCUT2D eigenvalue weighted by atomic mass is 35.5. The lowest BCUT2D eigenvalue weighted by molar-refractivity contribution is -0.00803. The number of hydrogen-bond acceptors (Lipinski definition) is 5. The third-order valence-electron chi connectivity index (χ3n) is 4.03. The second-order valence-corrected chi connectivity index (χ2v) is 8.33. The maximum absolute atomic E-state index is 12.5. The van der Waals surface area contributed by atoms with Gasteiger partial charge in [-0.25, -0.2) is 17.9 Å². The lowest BCUT2D eigenvalue weighted by Crippen LogP contribution is -2.55. The summed E-state index contributed by atoms with van der Waals surface area (Å²) in [6, 6.07) is 3.60. The highest BCUT2D eigenvalue weighted by molar-refractivity contribution is 7.89. The predicted octanol–water partition coefficient (Wildman–Crippen LogP) is 1.43. The first-order chi connectivity index (χ1) is 11.1. The number of ether oxygens (including phenoxy) is 1. The van der Waals surface area contributed by atoms with Gasteiger partial charge >= 0.3 is 5.97 Å². The summed E-state index contributed by atoms with van der Waals surface area (Å²) in [5.74, 6) is -1.21. The van der Waals surface area contributed by atoms with Crippen molar-refractivity contribution >= 4 is 27.6 Å². The van der Waals surface area contributed by atoms with E-state index in [0.717, 1.165) is 19.2 Å². The molecule has 1 aromatic carbocycles. The zero-order valence-corrected chi connectivity index (χ0v) is 15.2. The summed E-state index contributed by atoms with van der Waals surface area (Å²) in [5, 5.41) is 9.00. The van der Waals surface area contributed by atoms with E-state index >= 15 is 0 Å². The summed E-state index contributed by atoms with van der Waals surface area (Å²) in [4.78, 5) is 13.0. The average Bonchev–Trinajstić information content (AvgIpc) is 2.54. The van der Waals surface area contributed by atoms with Crippen molar-refractivity contribution in [2.45, 2.75) is 24.3 Å². The number of sulfonamides is 1. The first kappa shape index (κ1) is 19.1. The molecule has 0 aliphatic carbocycles. The minimum atomic E-state index is -3.92. The molecule has 0 bridgehead atoms. The van der Waals surface area contributed by atoms with Crippen LogP contribution in [0.1, 0.15) is 24.2 Å². The van der Waals surface area contributed by atoms with Gasteiger partial charge in [0.1, 0.15) is 4.90 Å². The van der Waals surface area contributed by atoms with Crippen LogP contribution in [-0.2, 0) is 14.8 Å². The zero-order chi connectivity index (χ0) is 18.0. The Bertz CT molecular complexity index is 715. The van der Waals surface area contributed by atoms with Crippen LogP contribution in [0.15, 0.2) is 23.1 Å². The molecular weight excluding hydrogens is 356 g/mol. The average molecular weight is 377 g/mol. The van der Waals surface area contributed by atoms with Crippen LogP contribution >= 0.6 is 11.6 Å². The van der Waals surface area contributed by atoms with E-state index in [1.165, 1.54) is 12.1 Å². The number of carboxylic acid groups (broad SMARTS) is 1. The molecule has 9 heteroatoms. The number of rotatable bonds is 6. The normalized spacial score (nSPS) is 17.0. The van der Waals surface area contributed by atoms with Crippen molar-refractivity contribution in [1.29, 1.82) is 0 Å². The summed E-state index contributed by atoms with van der Waals surface area (Å²) >= 11 is 5.95. The van der Waals surface area contributed by atoms with Gasteiger partial charge in [0.2, 0.25) is 10.0 Å². The van der Waals surface area contributed by atoms with E-state index in [4.69, 9.17) is 21.4 Å². The van der Waals surface area contributed by atoms with E-state index in [-0.39, 0.29) is 22.0 Å². The Labute approximate surface area is 146 Å². The van der Waals surface area contributed by atoms with Gasteiger partial charge in [0.05, 0.1) is 23.8 Å². The number of aromatic carboxylic acids is 1.